The lowest BCUT2D eigenvalue weighted by Gasteiger charge is -2.24. The van der Waals surface area contributed by atoms with Crippen molar-refractivity contribution >= 4 is 28.7 Å². The molecular weight excluding hydrogens is 375 g/mol. The second-order valence-corrected chi connectivity index (χ2v) is 5.82. The summed E-state index contributed by atoms with van der Waals surface area (Å²) in [5, 5.41) is 3.67. The van der Waals surface area contributed by atoms with E-state index >= 15 is 0 Å². The third kappa shape index (κ3) is 5.45. The summed E-state index contributed by atoms with van der Waals surface area (Å²) in [7, 11) is 0. The quantitative estimate of drug-likeness (QED) is 0.243. The summed E-state index contributed by atoms with van der Waals surface area (Å²) in [4.78, 5) is 16.3. The molecular formula is C12H17IN4O3. The number of hydrogen-bond acceptors (Lipinski definition) is 4. The molecule has 0 aromatic rings. The van der Waals surface area contributed by atoms with Gasteiger partial charge in [-0.2, -0.15) is 0 Å². The minimum absolute atomic E-state index is 0.243. The lowest BCUT2D eigenvalue weighted by Crippen LogP contribution is -2.36. The molecule has 7 nitrogen and oxygen atoms in total. The molecule has 0 aromatic carbocycles. The van der Waals surface area contributed by atoms with Crippen LogP contribution in [-0.4, -0.2) is 48.4 Å². The lowest BCUT2D eigenvalue weighted by atomic mass is 10.2. The number of amides is 1. The Morgan fingerprint density at radius 1 is 1.55 bits per heavy atom. The van der Waals surface area contributed by atoms with Gasteiger partial charge in [-0.05, 0) is 30.2 Å². The molecule has 1 aliphatic heterocycles. The molecule has 1 unspecified atom stereocenters. The molecule has 8 heteroatoms. The van der Waals surface area contributed by atoms with Crippen LogP contribution in [0.3, 0.4) is 0 Å². The number of likely N-dealkylation sites (tertiary alicyclic amines) is 1. The molecule has 0 aromatic heterocycles. The maximum absolute atomic E-state index is 12.0. The number of nitrogens with zero attached hydrogens (tertiary/aromatic N) is 4. The largest absolute Gasteiger partial charge is 0.444 e. The first-order valence-corrected chi connectivity index (χ1v) is 7.17. The molecule has 0 aliphatic carbocycles. The SMILES string of the molecule is CC(C)(C)OC(=O)N1CC(N=[N+]=[N-])[C@H](OCC#CI)C1. The Balaban J connectivity index is 2.66. The number of carbonyl (C=O) groups is 1. The zero-order valence-electron chi connectivity index (χ0n) is 11.7. The van der Waals surface area contributed by atoms with Crippen LogP contribution in [0.1, 0.15) is 20.8 Å². The molecule has 1 heterocycles. The highest BCUT2D eigenvalue weighted by Crippen LogP contribution is 2.20. The van der Waals surface area contributed by atoms with E-state index in [1.54, 1.807) is 20.8 Å². The van der Waals surface area contributed by atoms with Gasteiger partial charge in [0.05, 0.1) is 18.7 Å². The van der Waals surface area contributed by atoms with E-state index in [0.717, 1.165) is 0 Å². The van der Waals surface area contributed by atoms with E-state index in [0.29, 0.717) is 13.1 Å². The number of ether oxygens (including phenoxy) is 2. The number of azide groups is 1. The Hall–Kier alpha value is -1.17. The molecule has 0 N–H and O–H groups in total. The maximum atomic E-state index is 12.0. The molecule has 1 amide bonds. The highest BCUT2D eigenvalue weighted by molar-refractivity contribution is 14.1. The lowest BCUT2D eigenvalue weighted by molar-refractivity contribution is 0.0236. The zero-order valence-corrected chi connectivity index (χ0v) is 13.8. The standard InChI is InChI=1S/C12H17IN4O3/c1-12(2,3)20-11(18)17-7-9(15-16-14)10(8-17)19-6-4-5-13/h9-10H,6-8H2,1-3H3/t9?,10-/m1/s1. The fourth-order valence-electron chi connectivity index (χ4n) is 1.75. The molecule has 1 fully saturated rings. The normalized spacial score (nSPS) is 21.7. The number of carbonyl (C=O) groups excluding carboxylic acids is 1. The average molecular weight is 392 g/mol. The van der Waals surface area contributed by atoms with Gasteiger partial charge in [-0.1, -0.05) is 11.0 Å². The van der Waals surface area contributed by atoms with Gasteiger partial charge in [0, 0.05) is 34.0 Å². The fraction of sp³-hybridized carbons (Fsp3) is 0.750. The number of halogens is 1. The van der Waals surface area contributed by atoms with Crippen molar-refractivity contribution in [2.45, 2.75) is 38.5 Å². The van der Waals surface area contributed by atoms with Crippen LogP contribution in [0, 0.1) is 9.85 Å². The van der Waals surface area contributed by atoms with Crippen LogP contribution in [0.25, 0.3) is 10.4 Å². The topological polar surface area (TPSA) is 87.5 Å². The monoisotopic (exact) mass is 392 g/mol. The van der Waals surface area contributed by atoms with E-state index in [1.807, 2.05) is 22.6 Å². The van der Waals surface area contributed by atoms with Crippen molar-refractivity contribution in [3.63, 3.8) is 0 Å². The molecule has 0 bridgehead atoms. The van der Waals surface area contributed by atoms with Crippen LogP contribution in [0.15, 0.2) is 5.11 Å². The van der Waals surface area contributed by atoms with Crippen LogP contribution in [-0.2, 0) is 9.47 Å². The minimum atomic E-state index is -0.559. The first-order chi connectivity index (χ1) is 9.37. The summed E-state index contributed by atoms with van der Waals surface area (Å²) in [5.74, 6) is 2.77. The van der Waals surface area contributed by atoms with Gasteiger partial charge in [-0.25, -0.2) is 4.79 Å². The van der Waals surface area contributed by atoms with Gasteiger partial charge in [0.15, 0.2) is 0 Å². The summed E-state index contributed by atoms with van der Waals surface area (Å²) in [6, 6.07) is -0.413. The van der Waals surface area contributed by atoms with Crippen LogP contribution in [0.5, 0.6) is 0 Å². The predicted octanol–water partition coefficient (Wildman–Crippen LogP) is 2.70. The van der Waals surface area contributed by atoms with Crippen molar-refractivity contribution in [1.29, 1.82) is 0 Å². The van der Waals surface area contributed by atoms with E-state index in [2.05, 4.69) is 19.9 Å². The molecule has 0 radical (unpaired) electrons. The Labute approximate surface area is 131 Å². The highest BCUT2D eigenvalue weighted by Gasteiger charge is 2.37. The first kappa shape index (κ1) is 16.9. The van der Waals surface area contributed by atoms with Crippen molar-refractivity contribution in [1.82, 2.24) is 4.90 Å². The summed E-state index contributed by atoms with van der Waals surface area (Å²) in [6.07, 6.45) is -0.780. The highest BCUT2D eigenvalue weighted by atomic mass is 127. The average Bonchev–Trinajstić information content (AvgIpc) is 2.72. The summed E-state index contributed by atoms with van der Waals surface area (Å²) >= 11 is 1.92. The van der Waals surface area contributed by atoms with Gasteiger partial charge < -0.3 is 14.4 Å². The number of hydrogen-bond donors (Lipinski definition) is 0. The van der Waals surface area contributed by atoms with Crippen molar-refractivity contribution in [2.24, 2.45) is 5.11 Å². The first-order valence-electron chi connectivity index (χ1n) is 6.09. The van der Waals surface area contributed by atoms with E-state index < -0.39 is 17.7 Å². The molecule has 0 saturated carbocycles. The molecule has 0 spiro atoms. The second-order valence-electron chi connectivity index (χ2n) is 5.28. The zero-order chi connectivity index (χ0) is 15.2. The number of rotatable bonds is 3. The summed E-state index contributed by atoms with van der Waals surface area (Å²) < 4.78 is 13.5. The minimum Gasteiger partial charge on any atom is -0.444 e. The van der Waals surface area contributed by atoms with Crippen molar-refractivity contribution in [2.75, 3.05) is 19.7 Å². The van der Waals surface area contributed by atoms with Gasteiger partial charge in [-0.3, -0.25) is 0 Å². The molecule has 110 valence electrons. The molecule has 1 aliphatic rings. The van der Waals surface area contributed by atoms with Crippen molar-refractivity contribution in [3.8, 4) is 9.85 Å². The van der Waals surface area contributed by atoms with Gasteiger partial charge >= 0.3 is 6.09 Å². The van der Waals surface area contributed by atoms with E-state index in [4.69, 9.17) is 15.0 Å². The molecule has 20 heavy (non-hydrogen) atoms. The maximum Gasteiger partial charge on any atom is 0.410 e. The van der Waals surface area contributed by atoms with Crippen LogP contribution >= 0.6 is 22.6 Å². The Bertz CT molecular complexity index is 460. The van der Waals surface area contributed by atoms with Crippen molar-refractivity contribution < 1.29 is 14.3 Å². The Kier molecular flexibility index (Phi) is 6.39. The van der Waals surface area contributed by atoms with Gasteiger partial charge in [0.1, 0.15) is 12.2 Å². The molecule has 2 atom stereocenters. The molecule has 1 rings (SSSR count). The van der Waals surface area contributed by atoms with Gasteiger partial charge in [0.2, 0.25) is 0 Å². The van der Waals surface area contributed by atoms with Gasteiger partial charge in [0.25, 0.3) is 0 Å². The van der Waals surface area contributed by atoms with Crippen LogP contribution in [0.4, 0.5) is 4.79 Å². The summed E-state index contributed by atoms with van der Waals surface area (Å²) in [5.41, 5.74) is 8.01. The van der Waals surface area contributed by atoms with Gasteiger partial charge in [-0.15, -0.1) is 0 Å². The predicted molar refractivity (Wildman–Crippen MR) is 82.3 cm³/mol. The van der Waals surface area contributed by atoms with Crippen LogP contribution in [0.2, 0.25) is 0 Å². The van der Waals surface area contributed by atoms with Crippen molar-refractivity contribution in [3.05, 3.63) is 10.4 Å². The summed E-state index contributed by atoms with van der Waals surface area (Å²) in [6.45, 7) is 6.28. The smallest absolute Gasteiger partial charge is 0.410 e. The second kappa shape index (κ2) is 7.57. The van der Waals surface area contributed by atoms with E-state index in [9.17, 15) is 4.79 Å². The van der Waals surface area contributed by atoms with E-state index in [1.165, 1.54) is 4.90 Å². The Morgan fingerprint density at radius 3 is 2.80 bits per heavy atom. The van der Waals surface area contributed by atoms with E-state index in [-0.39, 0.29) is 12.7 Å². The molecule has 1 saturated heterocycles. The fourth-order valence-corrected chi connectivity index (χ4v) is 1.91. The van der Waals surface area contributed by atoms with Crippen LogP contribution < -0.4 is 0 Å². The third-order valence-corrected chi connectivity index (χ3v) is 2.91. The third-order valence-electron chi connectivity index (χ3n) is 2.52. The Morgan fingerprint density at radius 2 is 2.25 bits per heavy atom.